The molecule has 1 aliphatic carbocycles. The van der Waals surface area contributed by atoms with Crippen LogP contribution in [0.1, 0.15) is 42.5 Å². The Morgan fingerprint density at radius 3 is 2.63 bits per heavy atom. The number of pyridine rings is 1. The van der Waals surface area contributed by atoms with E-state index in [1.807, 2.05) is 30.5 Å². The average molecular weight is 593 g/mol. The molecule has 0 saturated heterocycles. The molecule has 1 amide bonds. The number of aromatic nitrogens is 3. The Labute approximate surface area is 221 Å². The highest BCUT2D eigenvalue weighted by Gasteiger charge is 2.42. The molecule has 35 heavy (non-hydrogen) atoms. The molecule has 1 aromatic carbocycles. The van der Waals surface area contributed by atoms with Gasteiger partial charge >= 0.3 is 0 Å². The standard InChI is InChI=1S/C27H23Br2N5O/c1-33(26(35)21(18-30)16-25-24(29)17-23(28)19-31-25)27(11-2-3-12-27)22-9-7-20(8-10-22)6-4-14-34-15-5-13-32-34/h5,7-10,13,15-17,19H,2-3,11-12,14H2,1H3. The van der Waals surface area contributed by atoms with Crippen LogP contribution < -0.4 is 0 Å². The molecule has 0 N–H and O–H groups in total. The SMILES string of the molecule is CN(C(=O)C(C#N)=Cc1ncc(Br)cc1Br)C1(c2ccc(C#CCn3cccn3)cc2)CCCC1. The van der Waals surface area contributed by atoms with Crippen LogP contribution in [-0.4, -0.2) is 32.6 Å². The molecular weight excluding hydrogens is 570 g/mol. The lowest BCUT2D eigenvalue weighted by atomic mass is 9.85. The minimum absolute atomic E-state index is 0.0513. The first-order valence-corrected chi connectivity index (χ1v) is 12.8. The van der Waals surface area contributed by atoms with E-state index in [0.29, 0.717) is 16.7 Å². The number of hydrogen-bond donors (Lipinski definition) is 0. The van der Waals surface area contributed by atoms with Gasteiger partial charge in [0.15, 0.2) is 0 Å². The third-order valence-corrected chi connectivity index (χ3v) is 7.37. The van der Waals surface area contributed by atoms with Gasteiger partial charge in [0.1, 0.15) is 18.2 Å². The van der Waals surface area contributed by atoms with Crippen LogP contribution in [0.3, 0.4) is 0 Å². The van der Waals surface area contributed by atoms with E-state index in [4.69, 9.17) is 0 Å². The summed E-state index contributed by atoms with van der Waals surface area (Å²) < 4.78 is 3.29. The average Bonchev–Trinajstić information content (AvgIpc) is 3.56. The van der Waals surface area contributed by atoms with Gasteiger partial charge in [-0.3, -0.25) is 14.5 Å². The van der Waals surface area contributed by atoms with Crippen molar-refractivity contribution in [2.75, 3.05) is 7.05 Å². The number of carbonyl (C=O) groups excluding carboxylic acids is 1. The molecule has 0 aliphatic heterocycles. The van der Waals surface area contributed by atoms with Crippen molar-refractivity contribution in [3.63, 3.8) is 0 Å². The maximum Gasteiger partial charge on any atom is 0.265 e. The highest BCUT2D eigenvalue weighted by atomic mass is 79.9. The van der Waals surface area contributed by atoms with Gasteiger partial charge in [-0.15, -0.1) is 0 Å². The summed E-state index contributed by atoms with van der Waals surface area (Å²) in [7, 11) is 1.79. The molecule has 1 saturated carbocycles. The molecule has 4 rings (SSSR count). The van der Waals surface area contributed by atoms with Gasteiger partial charge in [-0.05, 0) is 80.6 Å². The fourth-order valence-corrected chi connectivity index (χ4v) is 5.54. The van der Waals surface area contributed by atoms with Crippen LogP contribution >= 0.6 is 31.9 Å². The molecule has 0 atom stereocenters. The molecule has 1 aliphatic rings. The van der Waals surface area contributed by atoms with Gasteiger partial charge in [0.2, 0.25) is 0 Å². The van der Waals surface area contributed by atoms with Crippen molar-refractivity contribution in [3.8, 4) is 17.9 Å². The maximum atomic E-state index is 13.5. The van der Waals surface area contributed by atoms with Crippen LogP contribution in [0.4, 0.5) is 0 Å². The van der Waals surface area contributed by atoms with Crippen molar-refractivity contribution in [2.45, 2.75) is 37.8 Å². The summed E-state index contributed by atoms with van der Waals surface area (Å²) in [5, 5.41) is 14.0. The highest BCUT2D eigenvalue weighted by molar-refractivity contribution is 9.11. The van der Waals surface area contributed by atoms with Crippen molar-refractivity contribution in [1.29, 1.82) is 5.26 Å². The molecule has 0 unspecified atom stereocenters. The fourth-order valence-electron chi connectivity index (χ4n) is 4.44. The van der Waals surface area contributed by atoms with Crippen molar-refractivity contribution in [3.05, 3.63) is 86.3 Å². The number of nitriles is 1. The molecule has 1 fully saturated rings. The van der Waals surface area contributed by atoms with Gasteiger partial charge in [-0.1, -0.05) is 36.8 Å². The zero-order chi connectivity index (χ0) is 24.8. The number of amides is 1. The molecule has 0 spiro atoms. The summed E-state index contributed by atoms with van der Waals surface area (Å²) >= 11 is 6.82. The molecule has 8 heteroatoms. The van der Waals surface area contributed by atoms with Gasteiger partial charge in [0, 0.05) is 40.1 Å². The number of likely N-dealkylation sites (N-methyl/N-ethyl adjacent to an activating group) is 1. The Kier molecular flexibility index (Phi) is 7.85. The fraction of sp³-hybridized carbons (Fsp3) is 0.259. The normalized spacial score (nSPS) is 14.6. The summed E-state index contributed by atoms with van der Waals surface area (Å²) in [6, 6.07) is 13.9. The second-order valence-electron chi connectivity index (χ2n) is 8.38. The predicted octanol–water partition coefficient (Wildman–Crippen LogP) is 5.69. The van der Waals surface area contributed by atoms with Crippen LogP contribution in [0.2, 0.25) is 0 Å². The minimum Gasteiger partial charge on any atom is -0.331 e. The number of nitrogens with zero attached hydrogens (tertiary/aromatic N) is 5. The van der Waals surface area contributed by atoms with E-state index in [-0.39, 0.29) is 11.5 Å². The van der Waals surface area contributed by atoms with Crippen LogP contribution in [0, 0.1) is 23.2 Å². The molecule has 3 aromatic rings. The molecule has 6 nitrogen and oxygen atoms in total. The summed E-state index contributed by atoms with van der Waals surface area (Å²) in [5.41, 5.74) is 2.09. The van der Waals surface area contributed by atoms with Crippen molar-refractivity contribution in [1.82, 2.24) is 19.7 Å². The summed E-state index contributed by atoms with van der Waals surface area (Å²) in [6.07, 6.45) is 10.5. The third kappa shape index (κ3) is 5.56. The minimum atomic E-state index is -0.460. The number of hydrogen-bond acceptors (Lipinski definition) is 4. The topological polar surface area (TPSA) is 74.8 Å². The quantitative estimate of drug-likeness (QED) is 0.217. The summed E-state index contributed by atoms with van der Waals surface area (Å²) in [5.74, 6) is 5.99. The van der Waals surface area contributed by atoms with Crippen LogP contribution in [-0.2, 0) is 16.9 Å². The zero-order valence-electron chi connectivity index (χ0n) is 19.2. The molecule has 0 bridgehead atoms. The largest absolute Gasteiger partial charge is 0.331 e. The van der Waals surface area contributed by atoms with E-state index < -0.39 is 5.54 Å². The third-order valence-electron chi connectivity index (χ3n) is 6.30. The van der Waals surface area contributed by atoms with E-state index in [1.165, 1.54) is 6.08 Å². The first kappa shape index (κ1) is 24.9. The Hall–Kier alpha value is -3.20. The molecule has 176 valence electrons. The van der Waals surface area contributed by atoms with Gasteiger partial charge < -0.3 is 4.90 Å². The van der Waals surface area contributed by atoms with E-state index in [9.17, 15) is 10.1 Å². The second-order valence-corrected chi connectivity index (χ2v) is 10.1. The monoisotopic (exact) mass is 591 g/mol. The van der Waals surface area contributed by atoms with Gasteiger partial charge in [0.05, 0.1) is 11.2 Å². The number of rotatable bonds is 5. The number of benzene rings is 1. The summed E-state index contributed by atoms with van der Waals surface area (Å²) in [6.45, 7) is 0.530. The van der Waals surface area contributed by atoms with E-state index in [0.717, 1.165) is 41.3 Å². The van der Waals surface area contributed by atoms with E-state index in [1.54, 1.807) is 29.0 Å². The van der Waals surface area contributed by atoms with Crippen LogP contribution in [0.25, 0.3) is 6.08 Å². The predicted molar refractivity (Wildman–Crippen MR) is 142 cm³/mol. The first-order valence-electron chi connectivity index (χ1n) is 11.2. The Balaban J connectivity index is 1.58. The van der Waals surface area contributed by atoms with Gasteiger partial charge in [0.25, 0.3) is 5.91 Å². The van der Waals surface area contributed by atoms with Crippen molar-refractivity contribution >= 4 is 43.8 Å². The number of halogens is 2. The summed E-state index contributed by atoms with van der Waals surface area (Å²) in [4.78, 5) is 19.6. The Morgan fingerprint density at radius 2 is 2.00 bits per heavy atom. The molecule has 0 radical (unpaired) electrons. The number of carbonyl (C=O) groups is 1. The highest BCUT2D eigenvalue weighted by Crippen LogP contribution is 2.44. The zero-order valence-corrected chi connectivity index (χ0v) is 22.4. The lowest BCUT2D eigenvalue weighted by Crippen LogP contribution is -2.45. The Morgan fingerprint density at radius 1 is 1.26 bits per heavy atom. The van der Waals surface area contributed by atoms with E-state index >= 15 is 0 Å². The maximum absolute atomic E-state index is 13.5. The second kappa shape index (κ2) is 11.0. The molecule has 2 aromatic heterocycles. The first-order chi connectivity index (χ1) is 16.9. The molecular formula is C27H23Br2N5O. The van der Waals surface area contributed by atoms with Crippen LogP contribution in [0.15, 0.2) is 69.5 Å². The van der Waals surface area contributed by atoms with Gasteiger partial charge in [-0.2, -0.15) is 10.4 Å². The van der Waals surface area contributed by atoms with Crippen LogP contribution in [0.5, 0.6) is 0 Å². The van der Waals surface area contributed by atoms with Gasteiger partial charge in [-0.25, -0.2) is 0 Å². The smallest absolute Gasteiger partial charge is 0.265 e. The lowest BCUT2D eigenvalue weighted by Gasteiger charge is -2.39. The van der Waals surface area contributed by atoms with E-state index in [2.05, 4.69) is 72.0 Å². The lowest BCUT2D eigenvalue weighted by molar-refractivity contribution is -0.131. The van der Waals surface area contributed by atoms with Crippen molar-refractivity contribution in [2.24, 2.45) is 0 Å². The molecule has 2 heterocycles. The van der Waals surface area contributed by atoms with Crippen molar-refractivity contribution < 1.29 is 4.79 Å². The Bertz CT molecular complexity index is 1340.